The summed E-state index contributed by atoms with van der Waals surface area (Å²) in [5.41, 5.74) is 0.925. The molecule has 0 radical (unpaired) electrons. The fourth-order valence-corrected chi connectivity index (χ4v) is 5.90. The van der Waals surface area contributed by atoms with Crippen molar-refractivity contribution < 1.29 is 38.4 Å². The SMILES string of the molecule is O=C(CCC(=O)Oc1ccccc1C(=O)OCO/N=[N+](\[O-])N1CCCC1)Oc1ccc(-c2cc(=S)ss2)cc1. The van der Waals surface area contributed by atoms with Gasteiger partial charge in [-0.15, -0.1) is 5.01 Å². The standard InChI is InChI=1S/C25H23N3O8S3/c29-22(35-18-9-7-17(8-10-18)21-15-24(37)39-38-21)11-12-23(30)36-20-6-2-1-5-19(20)25(31)33-16-34-26-28(32)27-13-3-4-14-27/h1-2,5-10,15H,3-4,11-14,16H2/b28-26-. The van der Waals surface area contributed by atoms with Crippen LogP contribution >= 0.6 is 32.9 Å². The molecule has 204 valence electrons. The summed E-state index contributed by atoms with van der Waals surface area (Å²) >= 11 is 5.15. The van der Waals surface area contributed by atoms with Crippen molar-refractivity contribution in [3.63, 3.8) is 0 Å². The average molecular weight is 590 g/mol. The van der Waals surface area contributed by atoms with E-state index in [9.17, 15) is 19.6 Å². The zero-order chi connectivity index (χ0) is 27.6. The Hall–Kier alpha value is -3.88. The van der Waals surface area contributed by atoms with E-state index in [-0.39, 0.29) is 24.2 Å². The molecule has 0 saturated carbocycles. The number of hydrazine groups is 1. The predicted octanol–water partition coefficient (Wildman–Crippen LogP) is 5.52. The lowest BCUT2D eigenvalue weighted by atomic mass is 10.2. The highest BCUT2D eigenvalue weighted by Crippen LogP contribution is 2.30. The van der Waals surface area contributed by atoms with Gasteiger partial charge in [-0.25, -0.2) is 4.79 Å². The quantitative estimate of drug-likeness (QED) is 0.0324. The molecule has 11 nitrogen and oxygen atoms in total. The molecule has 4 rings (SSSR count). The van der Waals surface area contributed by atoms with Crippen LogP contribution in [0, 0.1) is 9.03 Å². The van der Waals surface area contributed by atoms with Crippen LogP contribution in [0.5, 0.6) is 11.5 Å². The van der Waals surface area contributed by atoms with Crippen molar-refractivity contribution in [1.82, 2.24) is 5.01 Å². The highest BCUT2D eigenvalue weighted by Gasteiger charge is 2.20. The third-order valence-corrected chi connectivity index (χ3v) is 8.30. The second kappa shape index (κ2) is 13.8. The topological polar surface area (TPSA) is 130 Å². The number of carbonyl (C=O) groups is 3. The zero-order valence-electron chi connectivity index (χ0n) is 20.5. The molecule has 3 aromatic rings. The fraction of sp³-hybridized carbons (Fsp3) is 0.280. The van der Waals surface area contributed by atoms with Gasteiger partial charge in [0, 0.05) is 4.88 Å². The van der Waals surface area contributed by atoms with Crippen molar-refractivity contribution in [2.45, 2.75) is 25.7 Å². The predicted molar refractivity (Wildman–Crippen MR) is 144 cm³/mol. The van der Waals surface area contributed by atoms with E-state index in [1.807, 2.05) is 18.2 Å². The van der Waals surface area contributed by atoms with E-state index < -0.39 is 24.7 Å². The van der Waals surface area contributed by atoms with Crippen molar-refractivity contribution in [2.24, 2.45) is 5.28 Å². The lowest BCUT2D eigenvalue weighted by molar-refractivity contribution is -0.708. The summed E-state index contributed by atoms with van der Waals surface area (Å²) < 4.78 is 16.3. The largest absolute Gasteiger partial charge is 0.569 e. The van der Waals surface area contributed by atoms with Gasteiger partial charge in [0.2, 0.25) is 5.28 Å². The molecule has 0 atom stereocenters. The van der Waals surface area contributed by atoms with E-state index in [0.717, 1.165) is 27.1 Å². The van der Waals surface area contributed by atoms with Crippen molar-refractivity contribution >= 4 is 50.8 Å². The summed E-state index contributed by atoms with van der Waals surface area (Å²) in [6.07, 6.45) is 1.29. The molecule has 2 aromatic carbocycles. The number of benzene rings is 2. The van der Waals surface area contributed by atoms with E-state index in [1.165, 1.54) is 27.5 Å². The summed E-state index contributed by atoms with van der Waals surface area (Å²) in [7, 11) is 3.09. The van der Waals surface area contributed by atoms with Crippen LogP contribution in [-0.4, -0.2) is 47.8 Å². The van der Waals surface area contributed by atoms with Gasteiger partial charge in [-0.05, 0) is 60.9 Å². The number of esters is 3. The Balaban J connectivity index is 1.22. The number of hydrogen-bond acceptors (Lipinski definition) is 12. The lowest BCUT2D eigenvalue weighted by Gasteiger charge is -2.11. The molecule has 0 unspecified atom stereocenters. The van der Waals surface area contributed by atoms with Gasteiger partial charge in [-0.2, -0.15) is 0 Å². The second-order valence-electron chi connectivity index (χ2n) is 8.14. The van der Waals surface area contributed by atoms with Crippen molar-refractivity contribution in [2.75, 3.05) is 19.9 Å². The average Bonchev–Trinajstić information content (AvgIpc) is 3.63. The minimum Gasteiger partial charge on any atom is -0.569 e. The Morgan fingerprint density at radius 1 is 0.974 bits per heavy atom. The molecule has 2 heterocycles. The molecule has 39 heavy (non-hydrogen) atoms. The van der Waals surface area contributed by atoms with E-state index in [4.69, 9.17) is 31.3 Å². The second-order valence-corrected chi connectivity index (χ2v) is 11.0. The molecule has 1 fully saturated rings. The van der Waals surface area contributed by atoms with Crippen LogP contribution in [0.15, 0.2) is 59.9 Å². The summed E-state index contributed by atoms with van der Waals surface area (Å²) in [4.78, 5) is 43.1. The van der Waals surface area contributed by atoms with Gasteiger partial charge < -0.3 is 24.3 Å². The first-order chi connectivity index (χ1) is 18.9. The molecule has 0 amide bonds. The summed E-state index contributed by atoms with van der Waals surface area (Å²) in [5, 5.41) is 16.5. The fourth-order valence-electron chi connectivity index (χ4n) is 3.50. The van der Waals surface area contributed by atoms with Gasteiger partial charge in [-0.3, -0.25) is 9.59 Å². The Morgan fingerprint density at radius 2 is 1.67 bits per heavy atom. The van der Waals surface area contributed by atoms with Crippen LogP contribution < -0.4 is 9.47 Å². The zero-order valence-corrected chi connectivity index (χ0v) is 22.9. The van der Waals surface area contributed by atoms with Crippen LogP contribution in [-0.2, 0) is 19.2 Å². The Morgan fingerprint density at radius 3 is 2.36 bits per heavy atom. The molecular formula is C25H23N3O8S3. The highest BCUT2D eigenvalue weighted by atomic mass is 32.9. The minimum atomic E-state index is -0.845. The van der Waals surface area contributed by atoms with Crippen molar-refractivity contribution in [3.8, 4) is 21.9 Å². The number of rotatable bonds is 11. The molecule has 14 heteroatoms. The van der Waals surface area contributed by atoms with Crippen molar-refractivity contribution in [1.29, 1.82) is 0 Å². The maximum absolute atomic E-state index is 12.4. The normalized spacial score (nSPS) is 13.1. The van der Waals surface area contributed by atoms with Crippen LogP contribution in [0.2, 0.25) is 0 Å². The van der Waals surface area contributed by atoms with Gasteiger partial charge in [0.25, 0.3) is 6.79 Å². The number of para-hydroxylation sites is 1. The Labute approximate surface area is 235 Å². The summed E-state index contributed by atoms with van der Waals surface area (Å²) in [5.74, 6) is -1.89. The molecule has 0 spiro atoms. The number of nitrogens with zero attached hydrogens (tertiary/aromatic N) is 3. The smallest absolute Gasteiger partial charge is 0.344 e. The van der Waals surface area contributed by atoms with E-state index in [0.29, 0.717) is 23.8 Å². The molecule has 0 aliphatic carbocycles. The minimum absolute atomic E-state index is 0.0367. The molecule has 1 aliphatic rings. The first kappa shape index (κ1) is 28.1. The lowest BCUT2D eigenvalue weighted by Crippen LogP contribution is -2.27. The van der Waals surface area contributed by atoms with Crippen LogP contribution in [0.25, 0.3) is 10.4 Å². The Bertz CT molecular complexity index is 1400. The molecule has 1 aliphatic heterocycles. The van der Waals surface area contributed by atoms with E-state index in [1.54, 1.807) is 34.6 Å². The van der Waals surface area contributed by atoms with Crippen molar-refractivity contribution in [3.05, 3.63) is 69.2 Å². The van der Waals surface area contributed by atoms with Gasteiger partial charge in [0.1, 0.15) is 20.9 Å². The third kappa shape index (κ3) is 8.30. The maximum atomic E-state index is 12.4. The molecule has 0 bridgehead atoms. The number of hydrogen-bond donors (Lipinski definition) is 0. The molecule has 1 saturated heterocycles. The first-order valence-corrected chi connectivity index (χ1v) is 14.4. The van der Waals surface area contributed by atoms with Crippen LogP contribution in [0.1, 0.15) is 36.0 Å². The van der Waals surface area contributed by atoms with E-state index >= 15 is 0 Å². The maximum Gasteiger partial charge on any atom is 0.344 e. The van der Waals surface area contributed by atoms with Crippen LogP contribution in [0.3, 0.4) is 0 Å². The summed E-state index contributed by atoms with van der Waals surface area (Å²) in [6, 6.07) is 14.8. The third-order valence-electron chi connectivity index (χ3n) is 5.39. The van der Waals surface area contributed by atoms with Gasteiger partial charge in [0.15, 0.2) is 0 Å². The highest BCUT2D eigenvalue weighted by molar-refractivity contribution is 7.80. The molecule has 1 aromatic heterocycles. The van der Waals surface area contributed by atoms with E-state index in [2.05, 4.69) is 5.28 Å². The molecule has 0 N–H and O–H groups in total. The van der Waals surface area contributed by atoms with Gasteiger partial charge in [0.05, 0.1) is 30.9 Å². The monoisotopic (exact) mass is 589 g/mol. The van der Waals surface area contributed by atoms with Gasteiger partial charge in [-0.1, -0.05) is 45.0 Å². The Kier molecular flexibility index (Phi) is 9.94. The molecular weight excluding hydrogens is 566 g/mol. The van der Waals surface area contributed by atoms with Crippen LogP contribution in [0.4, 0.5) is 0 Å². The summed E-state index contributed by atoms with van der Waals surface area (Å²) in [6.45, 7) is 0.545. The first-order valence-electron chi connectivity index (χ1n) is 11.8. The van der Waals surface area contributed by atoms with Gasteiger partial charge >= 0.3 is 17.9 Å². The number of ether oxygens (including phenoxy) is 3. The number of carbonyl (C=O) groups excluding carboxylic acids is 3.